The van der Waals surface area contributed by atoms with Crippen LogP contribution in [0.3, 0.4) is 0 Å². The van der Waals surface area contributed by atoms with E-state index in [9.17, 15) is 0 Å². The summed E-state index contributed by atoms with van der Waals surface area (Å²) in [6.07, 6.45) is 13.7. The molecule has 0 fully saturated rings. The van der Waals surface area contributed by atoms with Gasteiger partial charge in [-0.25, -0.2) is 0 Å². The molecule has 1 aromatic rings. The lowest BCUT2D eigenvalue weighted by atomic mass is 10.1. The van der Waals surface area contributed by atoms with Gasteiger partial charge in [-0.2, -0.15) is 0 Å². The summed E-state index contributed by atoms with van der Waals surface area (Å²) in [7, 11) is 0. The number of unbranched alkanes of at least 4 members (excludes halogenated alkanes) is 9. The van der Waals surface area contributed by atoms with Crippen LogP contribution in [0, 0.1) is 0 Å². The number of alkyl halides is 1. The monoisotopic (exact) mass is 368 g/mol. The van der Waals surface area contributed by atoms with E-state index in [4.69, 9.17) is 4.74 Å². The second kappa shape index (κ2) is 13.0. The molecule has 1 nitrogen and oxygen atoms in total. The molecule has 126 valence electrons. The molecule has 1 atom stereocenters. The maximum atomic E-state index is 5.80. The Morgan fingerprint density at radius 3 is 1.82 bits per heavy atom. The van der Waals surface area contributed by atoms with E-state index in [0.29, 0.717) is 4.83 Å². The third-order valence-corrected chi connectivity index (χ3v) is 4.63. The molecule has 0 N–H and O–H groups in total. The van der Waals surface area contributed by atoms with Crippen LogP contribution in [0.5, 0.6) is 5.75 Å². The molecule has 0 saturated carbocycles. The molecular formula is C20H33BrO. The van der Waals surface area contributed by atoms with E-state index >= 15 is 0 Å². The lowest BCUT2D eigenvalue weighted by Crippen LogP contribution is -1.97. The van der Waals surface area contributed by atoms with E-state index in [1.165, 1.54) is 69.8 Å². The Morgan fingerprint density at radius 1 is 0.818 bits per heavy atom. The minimum absolute atomic E-state index is 0.406. The SMILES string of the molecule is CCCCCCCCCCCCOc1ccc(C(C)Br)cc1. The van der Waals surface area contributed by atoms with E-state index in [1.807, 2.05) is 0 Å². The van der Waals surface area contributed by atoms with Crippen LogP contribution in [0.4, 0.5) is 0 Å². The fourth-order valence-corrected chi connectivity index (χ4v) is 2.91. The zero-order valence-electron chi connectivity index (χ0n) is 14.5. The topological polar surface area (TPSA) is 9.23 Å². The van der Waals surface area contributed by atoms with Gasteiger partial charge in [0, 0.05) is 4.83 Å². The molecule has 0 aliphatic rings. The van der Waals surface area contributed by atoms with Crippen molar-refractivity contribution in [2.75, 3.05) is 6.61 Å². The van der Waals surface area contributed by atoms with Crippen LogP contribution < -0.4 is 4.74 Å². The van der Waals surface area contributed by atoms with Crippen LogP contribution in [0.15, 0.2) is 24.3 Å². The van der Waals surface area contributed by atoms with Crippen molar-refractivity contribution in [2.24, 2.45) is 0 Å². The zero-order chi connectivity index (χ0) is 16.0. The van der Waals surface area contributed by atoms with Gasteiger partial charge in [-0.3, -0.25) is 0 Å². The standard InChI is InChI=1S/C20H33BrO/c1-3-4-5-6-7-8-9-10-11-12-17-22-20-15-13-19(14-16-20)18(2)21/h13-16,18H,3-12,17H2,1-2H3. The van der Waals surface area contributed by atoms with Crippen molar-refractivity contribution in [3.63, 3.8) is 0 Å². The number of ether oxygens (including phenoxy) is 1. The van der Waals surface area contributed by atoms with E-state index in [-0.39, 0.29) is 0 Å². The number of rotatable bonds is 13. The molecule has 0 spiro atoms. The predicted molar refractivity (Wildman–Crippen MR) is 101 cm³/mol. The van der Waals surface area contributed by atoms with Gasteiger partial charge in [0.1, 0.15) is 5.75 Å². The molecule has 0 aromatic heterocycles. The molecule has 0 heterocycles. The Kier molecular flexibility index (Phi) is 11.5. The average Bonchev–Trinajstić information content (AvgIpc) is 2.53. The Morgan fingerprint density at radius 2 is 1.32 bits per heavy atom. The molecule has 1 rings (SSSR count). The second-order valence-electron chi connectivity index (χ2n) is 6.22. The average molecular weight is 369 g/mol. The number of halogens is 1. The summed E-state index contributed by atoms with van der Waals surface area (Å²) in [4.78, 5) is 0.406. The first kappa shape index (κ1) is 19.5. The molecule has 1 unspecified atom stereocenters. The van der Waals surface area contributed by atoms with Crippen molar-refractivity contribution < 1.29 is 4.74 Å². The number of hydrogen-bond donors (Lipinski definition) is 0. The molecule has 2 heteroatoms. The van der Waals surface area contributed by atoms with Crippen molar-refractivity contribution in [1.29, 1.82) is 0 Å². The highest BCUT2D eigenvalue weighted by Crippen LogP contribution is 2.23. The highest BCUT2D eigenvalue weighted by molar-refractivity contribution is 9.09. The number of hydrogen-bond acceptors (Lipinski definition) is 1. The van der Waals surface area contributed by atoms with Gasteiger partial charge >= 0.3 is 0 Å². The maximum absolute atomic E-state index is 5.80. The van der Waals surface area contributed by atoms with Crippen LogP contribution in [-0.2, 0) is 0 Å². The van der Waals surface area contributed by atoms with Crippen LogP contribution in [0.1, 0.15) is 88.4 Å². The smallest absolute Gasteiger partial charge is 0.119 e. The lowest BCUT2D eigenvalue weighted by molar-refractivity contribution is 0.304. The maximum Gasteiger partial charge on any atom is 0.119 e. The molecule has 0 bridgehead atoms. The quantitative estimate of drug-likeness (QED) is 0.259. The summed E-state index contributed by atoms with van der Waals surface area (Å²) in [5.74, 6) is 0.993. The minimum atomic E-state index is 0.406. The van der Waals surface area contributed by atoms with E-state index in [2.05, 4.69) is 54.0 Å². The van der Waals surface area contributed by atoms with Gasteiger partial charge in [0.05, 0.1) is 6.61 Å². The highest BCUT2D eigenvalue weighted by atomic mass is 79.9. The third-order valence-electron chi connectivity index (χ3n) is 4.11. The Bertz CT molecular complexity index is 358. The Balaban J connectivity index is 1.93. The van der Waals surface area contributed by atoms with Crippen LogP contribution >= 0.6 is 15.9 Å². The fraction of sp³-hybridized carbons (Fsp3) is 0.700. The largest absolute Gasteiger partial charge is 0.494 e. The summed E-state index contributed by atoms with van der Waals surface area (Å²) in [6, 6.07) is 8.41. The third kappa shape index (κ3) is 9.50. The zero-order valence-corrected chi connectivity index (χ0v) is 16.0. The van der Waals surface area contributed by atoms with Crippen LogP contribution in [0.25, 0.3) is 0 Å². The van der Waals surface area contributed by atoms with Gasteiger partial charge in [0.15, 0.2) is 0 Å². The first-order chi connectivity index (χ1) is 10.7. The molecular weight excluding hydrogens is 336 g/mol. The molecule has 1 aromatic carbocycles. The van der Waals surface area contributed by atoms with Gasteiger partial charge in [0.2, 0.25) is 0 Å². The first-order valence-corrected chi connectivity index (χ1v) is 10.0. The van der Waals surface area contributed by atoms with Gasteiger partial charge in [-0.15, -0.1) is 0 Å². The molecule has 0 aliphatic carbocycles. The van der Waals surface area contributed by atoms with Gasteiger partial charge in [-0.1, -0.05) is 92.8 Å². The lowest BCUT2D eigenvalue weighted by Gasteiger charge is -2.08. The second-order valence-corrected chi connectivity index (χ2v) is 7.59. The first-order valence-electron chi connectivity index (χ1n) is 9.11. The van der Waals surface area contributed by atoms with Crippen LogP contribution in [-0.4, -0.2) is 6.61 Å². The predicted octanol–water partition coefficient (Wildman–Crippen LogP) is 7.44. The van der Waals surface area contributed by atoms with Gasteiger partial charge in [0.25, 0.3) is 0 Å². The normalized spacial score (nSPS) is 12.3. The fourth-order valence-electron chi connectivity index (χ4n) is 2.61. The Labute approximate surface area is 146 Å². The highest BCUT2D eigenvalue weighted by Gasteiger charge is 2.00. The minimum Gasteiger partial charge on any atom is -0.494 e. The van der Waals surface area contributed by atoms with E-state index in [1.54, 1.807) is 0 Å². The van der Waals surface area contributed by atoms with Crippen molar-refractivity contribution in [3.8, 4) is 5.75 Å². The molecule has 0 saturated heterocycles. The summed E-state index contributed by atoms with van der Waals surface area (Å²) >= 11 is 3.58. The van der Waals surface area contributed by atoms with Crippen LogP contribution in [0.2, 0.25) is 0 Å². The summed E-state index contributed by atoms with van der Waals surface area (Å²) in [5, 5.41) is 0. The molecule has 0 amide bonds. The van der Waals surface area contributed by atoms with E-state index < -0.39 is 0 Å². The summed E-state index contributed by atoms with van der Waals surface area (Å²) < 4.78 is 5.80. The molecule has 22 heavy (non-hydrogen) atoms. The van der Waals surface area contributed by atoms with E-state index in [0.717, 1.165) is 12.4 Å². The van der Waals surface area contributed by atoms with Crippen molar-refractivity contribution in [2.45, 2.75) is 82.9 Å². The number of benzene rings is 1. The molecule has 0 radical (unpaired) electrons. The summed E-state index contributed by atoms with van der Waals surface area (Å²) in [5.41, 5.74) is 1.30. The van der Waals surface area contributed by atoms with Crippen molar-refractivity contribution >= 4 is 15.9 Å². The van der Waals surface area contributed by atoms with Crippen molar-refractivity contribution in [1.82, 2.24) is 0 Å². The van der Waals surface area contributed by atoms with Crippen molar-refractivity contribution in [3.05, 3.63) is 29.8 Å². The Hall–Kier alpha value is -0.500. The van der Waals surface area contributed by atoms with Gasteiger partial charge in [-0.05, 0) is 31.0 Å². The summed E-state index contributed by atoms with van der Waals surface area (Å²) in [6.45, 7) is 5.26. The molecule has 0 aliphatic heterocycles. The van der Waals surface area contributed by atoms with Gasteiger partial charge < -0.3 is 4.74 Å².